The molecule has 0 unspecified atom stereocenters. The summed E-state index contributed by atoms with van der Waals surface area (Å²) in [7, 11) is 0. The number of carbonyl (C=O) groups is 2. The van der Waals surface area contributed by atoms with Gasteiger partial charge in [0.05, 0.1) is 11.4 Å². The van der Waals surface area contributed by atoms with E-state index in [0.29, 0.717) is 28.6 Å². The molecule has 3 N–H and O–H groups in total. The number of thiazole rings is 1. The van der Waals surface area contributed by atoms with E-state index in [9.17, 15) is 9.59 Å². The van der Waals surface area contributed by atoms with Crippen molar-refractivity contribution >= 4 is 34.5 Å². The number of fused-ring (bicyclic) bond motifs is 1. The summed E-state index contributed by atoms with van der Waals surface area (Å²) < 4.78 is 0. The van der Waals surface area contributed by atoms with Crippen LogP contribution >= 0.6 is 11.3 Å². The van der Waals surface area contributed by atoms with Crippen LogP contribution < -0.4 is 16.0 Å². The Kier molecular flexibility index (Phi) is 3.21. The predicted octanol–water partition coefficient (Wildman–Crippen LogP) is 1.20. The van der Waals surface area contributed by atoms with Crippen molar-refractivity contribution in [2.45, 2.75) is 6.54 Å². The Morgan fingerprint density at radius 3 is 3.00 bits per heavy atom. The molecule has 0 radical (unpaired) electrons. The molecule has 0 spiro atoms. The summed E-state index contributed by atoms with van der Waals surface area (Å²) in [5.41, 5.74) is 7.13. The molecule has 102 valence electrons. The first-order valence-corrected chi connectivity index (χ1v) is 6.92. The quantitative estimate of drug-likeness (QED) is 0.869. The van der Waals surface area contributed by atoms with Crippen LogP contribution in [0.2, 0.25) is 0 Å². The molecular formula is C13H12N4O2S. The Bertz CT molecular complexity index is 683. The molecule has 7 heteroatoms. The van der Waals surface area contributed by atoms with Crippen molar-refractivity contribution < 1.29 is 9.59 Å². The van der Waals surface area contributed by atoms with E-state index in [2.05, 4.69) is 10.3 Å². The van der Waals surface area contributed by atoms with Crippen LogP contribution in [-0.4, -0.2) is 23.3 Å². The first-order valence-electron chi connectivity index (χ1n) is 6.04. The van der Waals surface area contributed by atoms with Gasteiger partial charge in [0.2, 0.25) is 5.91 Å². The Morgan fingerprint density at radius 2 is 2.25 bits per heavy atom. The lowest BCUT2D eigenvalue weighted by atomic mass is 10.2. The molecule has 1 aliphatic rings. The van der Waals surface area contributed by atoms with Gasteiger partial charge in [-0.05, 0) is 12.1 Å². The van der Waals surface area contributed by atoms with Gasteiger partial charge in [0.1, 0.15) is 17.2 Å². The van der Waals surface area contributed by atoms with Gasteiger partial charge in [0, 0.05) is 11.9 Å². The van der Waals surface area contributed by atoms with Crippen molar-refractivity contribution in [3.63, 3.8) is 0 Å². The minimum atomic E-state index is -0.289. The van der Waals surface area contributed by atoms with E-state index in [4.69, 9.17) is 5.73 Å². The van der Waals surface area contributed by atoms with Gasteiger partial charge in [-0.3, -0.25) is 14.5 Å². The maximum atomic E-state index is 12.5. The zero-order chi connectivity index (χ0) is 14.1. The number of nitrogens with two attached hydrogens (primary N) is 1. The molecule has 2 heterocycles. The fourth-order valence-electron chi connectivity index (χ4n) is 2.06. The molecule has 0 bridgehead atoms. The molecule has 0 atom stereocenters. The van der Waals surface area contributed by atoms with Gasteiger partial charge in [0.25, 0.3) is 5.91 Å². The zero-order valence-corrected chi connectivity index (χ0v) is 11.3. The number of carbonyl (C=O) groups excluding carboxylic acids is 2. The molecule has 2 aromatic rings. The predicted molar refractivity (Wildman–Crippen MR) is 76.8 cm³/mol. The van der Waals surface area contributed by atoms with Crippen LogP contribution in [0.5, 0.6) is 0 Å². The largest absolute Gasteiger partial charge is 0.325 e. The SMILES string of the molecule is NCc1nc(C(=O)N2CC(=O)Nc3ccccc32)cs1. The molecule has 0 aliphatic carbocycles. The number of amides is 2. The highest BCUT2D eigenvalue weighted by Crippen LogP contribution is 2.30. The van der Waals surface area contributed by atoms with Gasteiger partial charge in [-0.15, -0.1) is 11.3 Å². The molecule has 0 saturated heterocycles. The van der Waals surface area contributed by atoms with Crippen molar-refractivity contribution in [1.29, 1.82) is 0 Å². The topological polar surface area (TPSA) is 88.3 Å². The number of para-hydroxylation sites is 2. The van der Waals surface area contributed by atoms with Crippen LogP contribution in [0.3, 0.4) is 0 Å². The van der Waals surface area contributed by atoms with Gasteiger partial charge in [-0.2, -0.15) is 0 Å². The van der Waals surface area contributed by atoms with E-state index in [1.54, 1.807) is 17.5 Å². The van der Waals surface area contributed by atoms with Gasteiger partial charge in [0.15, 0.2) is 0 Å². The summed E-state index contributed by atoms with van der Waals surface area (Å²) in [4.78, 5) is 29.8. The van der Waals surface area contributed by atoms with Gasteiger partial charge < -0.3 is 11.1 Å². The molecule has 1 aliphatic heterocycles. The second-order valence-corrected chi connectivity index (χ2v) is 5.23. The molecule has 3 rings (SSSR count). The van der Waals surface area contributed by atoms with E-state index < -0.39 is 0 Å². The Hall–Kier alpha value is -2.25. The van der Waals surface area contributed by atoms with Crippen LogP contribution in [0.1, 0.15) is 15.5 Å². The van der Waals surface area contributed by atoms with E-state index >= 15 is 0 Å². The maximum absolute atomic E-state index is 12.5. The van der Waals surface area contributed by atoms with Gasteiger partial charge >= 0.3 is 0 Å². The number of rotatable bonds is 2. The van der Waals surface area contributed by atoms with Crippen LogP contribution in [0.15, 0.2) is 29.6 Å². The monoisotopic (exact) mass is 288 g/mol. The van der Waals surface area contributed by atoms with Crippen molar-refractivity contribution in [2.24, 2.45) is 5.73 Å². The summed E-state index contributed by atoms with van der Waals surface area (Å²) in [5.74, 6) is -0.505. The van der Waals surface area contributed by atoms with E-state index in [-0.39, 0.29) is 18.4 Å². The molecule has 0 fully saturated rings. The first-order chi connectivity index (χ1) is 9.69. The normalized spacial score (nSPS) is 13.8. The average molecular weight is 288 g/mol. The van der Waals surface area contributed by atoms with Crippen LogP contribution in [0.4, 0.5) is 11.4 Å². The Balaban J connectivity index is 1.97. The smallest absolute Gasteiger partial charge is 0.278 e. The summed E-state index contributed by atoms with van der Waals surface area (Å²) >= 11 is 1.34. The molecule has 20 heavy (non-hydrogen) atoms. The van der Waals surface area contributed by atoms with Crippen molar-refractivity contribution in [3.05, 3.63) is 40.3 Å². The van der Waals surface area contributed by atoms with Crippen LogP contribution in [0, 0.1) is 0 Å². The number of nitrogens with zero attached hydrogens (tertiary/aromatic N) is 2. The molecule has 1 aromatic heterocycles. The van der Waals surface area contributed by atoms with Crippen molar-refractivity contribution in [1.82, 2.24) is 4.98 Å². The molecule has 6 nitrogen and oxygen atoms in total. The van der Waals surface area contributed by atoms with E-state index in [1.807, 2.05) is 12.1 Å². The van der Waals surface area contributed by atoms with E-state index in [1.165, 1.54) is 16.2 Å². The number of benzene rings is 1. The highest BCUT2D eigenvalue weighted by molar-refractivity contribution is 7.09. The minimum Gasteiger partial charge on any atom is -0.325 e. The first kappa shape index (κ1) is 12.8. The fourth-order valence-corrected chi connectivity index (χ4v) is 2.70. The fraction of sp³-hybridized carbons (Fsp3) is 0.154. The number of anilines is 2. The molecule has 2 amide bonds. The van der Waals surface area contributed by atoms with Crippen LogP contribution in [-0.2, 0) is 11.3 Å². The lowest BCUT2D eigenvalue weighted by molar-refractivity contribution is -0.115. The van der Waals surface area contributed by atoms with E-state index in [0.717, 1.165) is 0 Å². The third-order valence-corrected chi connectivity index (χ3v) is 3.83. The second kappa shape index (κ2) is 5.03. The minimum absolute atomic E-state index is 0.00860. The molecular weight excluding hydrogens is 276 g/mol. The summed E-state index contributed by atoms with van der Waals surface area (Å²) in [6.07, 6.45) is 0. The second-order valence-electron chi connectivity index (χ2n) is 4.29. The lowest BCUT2D eigenvalue weighted by Gasteiger charge is -2.28. The standard InChI is InChI=1S/C13H12N4O2S/c14-5-12-16-9(7-20-12)13(19)17-6-11(18)15-8-3-1-2-4-10(8)17/h1-4,7H,5-6,14H2,(H,15,18). The van der Waals surface area contributed by atoms with Crippen LogP contribution in [0.25, 0.3) is 0 Å². The zero-order valence-electron chi connectivity index (χ0n) is 10.5. The van der Waals surface area contributed by atoms with Crippen molar-refractivity contribution in [2.75, 3.05) is 16.8 Å². The lowest BCUT2D eigenvalue weighted by Crippen LogP contribution is -2.42. The summed E-state index contributed by atoms with van der Waals surface area (Å²) in [6, 6.07) is 7.19. The third kappa shape index (κ3) is 2.17. The number of hydrogen-bond donors (Lipinski definition) is 2. The third-order valence-electron chi connectivity index (χ3n) is 2.96. The number of aromatic nitrogens is 1. The molecule has 0 saturated carbocycles. The number of nitrogens with one attached hydrogen (secondary N) is 1. The highest BCUT2D eigenvalue weighted by atomic mass is 32.1. The van der Waals surface area contributed by atoms with Crippen molar-refractivity contribution in [3.8, 4) is 0 Å². The average Bonchev–Trinajstić information content (AvgIpc) is 2.94. The van der Waals surface area contributed by atoms with Gasteiger partial charge in [-0.1, -0.05) is 12.1 Å². The van der Waals surface area contributed by atoms with Gasteiger partial charge in [-0.25, -0.2) is 4.98 Å². The Morgan fingerprint density at radius 1 is 1.45 bits per heavy atom. The highest BCUT2D eigenvalue weighted by Gasteiger charge is 2.28. The summed E-state index contributed by atoms with van der Waals surface area (Å²) in [6.45, 7) is 0.292. The Labute approximate surface area is 119 Å². The molecule has 1 aromatic carbocycles. The number of hydrogen-bond acceptors (Lipinski definition) is 5. The summed E-state index contributed by atoms with van der Waals surface area (Å²) in [5, 5.41) is 5.11. The maximum Gasteiger partial charge on any atom is 0.278 e.